The quantitative estimate of drug-likeness (QED) is 0.491. The molecule has 0 amide bonds. The van der Waals surface area contributed by atoms with Crippen LogP contribution in [-0.2, 0) is 6.54 Å². The second-order valence-corrected chi connectivity index (χ2v) is 7.20. The first-order valence-corrected chi connectivity index (χ1v) is 10.3. The zero-order chi connectivity index (χ0) is 20.6. The summed E-state index contributed by atoms with van der Waals surface area (Å²) >= 11 is 0. The summed E-state index contributed by atoms with van der Waals surface area (Å²) in [6.07, 6.45) is 5.86. The summed E-state index contributed by atoms with van der Waals surface area (Å²) in [6.45, 7) is 8.37. The molecule has 1 heterocycles. The van der Waals surface area contributed by atoms with Crippen LogP contribution in [0.1, 0.15) is 19.4 Å². The van der Waals surface area contributed by atoms with E-state index in [4.69, 9.17) is 4.98 Å². The fraction of sp³-hybridized carbons (Fsp3) is 0.333. The molecule has 0 aliphatic rings. The number of anilines is 1. The molecule has 0 fully saturated rings. The number of hydrogen-bond donors (Lipinski definition) is 0. The lowest BCUT2D eigenvalue weighted by atomic mass is 10.2. The van der Waals surface area contributed by atoms with E-state index in [2.05, 4.69) is 75.7 Å². The highest BCUT2D eigenvalue weighted by Gasteiger charge is 2.10. The number of hydrogen-bond acceptors (Lipinski definition) is 4. The highest BCUT2D eigenvalue weighted by atomic mass is 15.2. The molecule has 0 atom stereocenters. The fourth-order valence-electron chi connectivity index (χ4n) is 3.31. The smallest absolute Gasteiger partial charge is 0.230 e. The minimum atomic E-state index is 0.756. The molecule has 2 aromatic carbocycles. The van der Waals surface area contributed by atoms with Crippen LogP contribution in [0.5, 0.6) is 0 Å². The van der Waals surface area contributed by atoms with Gasteiger partial charge >= 0.3 is 0 Å². The molecular formula is C24H31N5. The molecule has 0 unspecified atom stereocenters. The minimum Gasteiger partial charge on any atom is -0.378 e. The van der Waals surface area contributed by atoms with Gasteiger partial charge in [-0.2, -0.15) is 0 Å². The van der Waals surface area contributed by atoms with Crippen LogP contribution in [-0.4, -0.2) is 54.4 Å². The molecule has 152 valence electrons. The van der Waals surface area contributed by atoms with E-state index in [0.29, 0.717) is 0 Å². The summed E-state index contributed by atoms with van der Waals surface area (Å²) in [7, 11) is 4.09. The Morgan fingerprint density at radius 3 is 2.41 bits per heavy atom. The maximum Gasteiger partial charge on any atom is 0.230 e. The van der Waals surface area contributed by atoms with E-state index >= 15 is 0 Å². The normalized spacial score (nSPS) is 12.0. The van der Waals surface area contributed by atoms with Gasteiger partial charge in [0.15, 0.2) is 0 Å². The van der Waals surface area contributed by atoms with Crippen molar-refractivity contribution in [1.29, 1.82) is 0 Å². The first kappa shape index (κ1) is 20.8. The predicted molar refractivity (Wildman–Crippen MR) is 125 cm³/mol. The minimum absolute atomic E-state index is 0.756. The summed E-state index contributed by atoms with van der Waals surface area (Å²) in [5, 5.41) is 0. The highest BCUT2D eigenvalue weighted by Crippen LogP contribution is 2.21. The average molecular weight is 390 g/mol. The lowest BCUT2D eigenvalue weighted by Gasteiger charge is -2.18. The molecule has 5 nitrogen and oxygen atoms in total. The van der Waals surface area contributed by atoms with E-state index in [1.54, 1.807) is 0 Å². The lowest BCUT2D eigenvalue weighted by Crippen LogP contribution is -2.26. The molecule has 3 aromatic rings. The molecule has 5 heteroatoms. The maximum absolute atomic E-state index is 4.72. The van der Waals surface area contributed by atoms with Crippen LogP contribution >= 0.6 is 0 Å². The van der Waals surface area contributed by atoms with Gasteiger partial charge in [-0.15, -0.1) is 0 Å². The van der Waals surface area contributed by atoms with Crippen molar-refractivity contribution in [2.75, 3.05) is 38.6 Å². The Kier molecular flexibility index (Phi) is 7.19. The monoisotopic (exact) mass is 389 g/mol. The first-order chi connectivity index (χ1) is 14.1. The Morgan fingerprint density at radius 1 is 1.00 bits per heavy atom. The molecule has 1 aromatic heterocycles. The number of fused-ring (bicyclic) bond motifs is 1. The summed E-state index contributed by atoms with van der Waals surface area (Å²) in [5.41, 5.74) is 4.47. The van der Waals surface area contributed by atoms with Crippen molar-refractivity contribution in [2.24, 2.45) is 4.99 Å². The van der Waals surface area contributed by atoms with Gasteiger partial charge in [-0.05, 0) is 49.0 Å². The van der Waals surface area contributed by atoms with Crippen molar-refractivity contribution in [1.82, 2.24) is 14.5 Å². The Morgan fingerprint density at radius 2 is 1.72 bits per heavy atom. The number of likely N-dealkylation sites (N-methyl/N-ethyl adjacent to an activating group) is 1. The number of aromatic nitrogens is 2. The molecule has 0 aliphatic heterocycles. The van der Waals surface area contributed by atoms with Gasteiger partial charge in [-0.25, -0.2) is 9.98 Å². The Balaban J connectivity index is 1.76. The van der Waals surface area contributed by atoms with E-state index in [-0.39, 0.29) is 0 Å². The van der Waals surface area contributed by atoms with Crippen LogP contribution in [0.15, 0.2) is 59.6 Å². The number of para-hydroxylation sites is 2. The van der Waals surface area contributed by atoms with Crippen LogP contribution in [0.4, 0.5) is 11.6 Å². The van der Waals surface area contributed by atoms with E-state index < -0.39 is 0 Å². The molecule has 3 rings (SSSR count). The van der Waals surface area contributed by atoms with Crippen molar-refractivity contribution in [3.05, 3.63) is 60.2 Å². The SMILES string of the molecule is CCN(CC)CCn1c(N=CC=Cc2ccc(N(C)C)cc2)nc2ccccc21. The van der Waals surface area contributed by atoms with E-state index in [9.17, 15) is 0 Å². The van der Waals surface area contributed by atoms with Gasteiger partial charge in [0.05, 0.1) is 11.0 Å². The van der Waals surface area contributed by atoms with E-state index in [1.807, 2.05) is 38.5 Å². The molecule has 0 N–H and O–H groups in total. The van der Waals surface area contributed by atoms with Crippen LogP contribution in [0.3, 0.4) is 0 Å². The third-order valence-corrected chi connectivity index (χ3v) is 5.14. The van der Waals surface area contributed by atoms with Gasteiger partial charge in [-0.1, -0.05) is 44.2 Å². The van der Waals surface area contributed by atoms with Gasteiger partial charge < -0.3 is 14.4 Å². The number of allylic oxidation sites excluding steroid dienone is 1. The summed E-state index contributed by atoms with van der Waals surface area (Å²) < 4.78 is 2.21. The summed E-state index contributed by atoms with van der Waals surface area (Å²) in [6, 6.07) is 16.7. The number of aliphatic imine (C=N–C) groups is 1. The standard InChI is InChI=1S/C24H31N5/c1-5-28(6-2)18-19-29-23-12-8-7-11-22(23)26-24(29)25-17-9-10-20-13-15-21(16-14-20)27(3)4/h7-17H,5-6,18-19H2,1-4H3. The number of imidazole rings is 1. The van der Waals surface area contributed by atoms with Gasteiger partial charge in [0.25, 0.3) is 0 Å². The second kappa shape index (κ2) is 10.0. The third-order valence-electron chi connectivity index (χ3n) is 5.14. The van der Waals surface area contributed by atoms with Crippen LogP contribution in [0.25, 0.3) is 17.1 Å². The van der Waals surface area contributed by atoms with Gasteiger partial charge in [0.2, 0.25) is 5.95 Å². The van der Waals surface area contributed by atoms with Gasteiger partial charge in [0.1, 0.15) is 0 Å². The highest BCUT2D eigenvalue weighted by molar-refractivity contribution is 5.82. The van der Waals surface area contributed by atoms with Crippen LogP contribution in [0, 0.1) is 0 Å². The topological polar surface area (TPSA) is 36.7 Å². The molecule has 0 saturated carbocycles. The van der Waals surface area contributed by atoms with E-state index in [0.717, 1.165) is 48.7 Å². The van der Waals surface area contributed by atoms with Crippen molar-refractivity contribution >= 4 is 35.0 Å². The third kappa shape index (κ3) is 5.33. The fourth-order valence-corrected chi connectivity index (χ4v) is 3.31. The lowest BCUT2D eigenvalue weighted by molar-refractivity contribution is 0.292. The van der Waals surface area contributed by atoms with Crippen molar-refractivity contribution < 1.29 is 0 Å². The molecule has 0 spiro atoms. The largest absolute Gasteiger partial charge is 0.378 e. The molecule has 0 aliphatic carbocycles. The molecule has 0 bridgehead atoms. The Bertz CT molecular complexity index is 963. The number of rotatable bonds is 9. The van der Waals surface area contributed by atoms with Gasteiger partial charge in [0, 0.05) is 39.1 Å². The Hall–Kier alpha value is -2.92. The zero-order valence-corrected chi connectivity index (χ0v) is 17.9. The van der Waals surface area contributed by atoms with Crippen LogP contribution < -0.4 is 4.90 Å². The number of benzene rings is 2. The van der Waals surface area contributed by atoms with E-state index in [1.165, 1.54) is 5.69 Å². The summed E-state index contributed by atoms with van der Waals surface area (Å²) in [5.74, 6) is 0.756. The molecule has 0 radical (unpaired) electrons. The predicted octanol–water partition coefficient (Wildman–Crippen LogP) is 4.86. The van der Waals surface area contributed by atoms with Crippen molar-refractivity contribution in [3.63, 3.8) is 0 Å². The average Bonchev–Trinajstić information content (AvgIpc) is 3.10. The van der Waals surface area contributed by atoms with Gasteiger partial charge in [-0.3, -0.25) is 0 Å². The number of nitrogens with zero attached hydrogens (tertiary/aromatic N) is 5. The molecular weight excluding hydrogens is 358 g/mol. The molecule has 0 saturated heterocycles. The molecule has 29 heavy (non-hydrogen) atoms. The maximum atomic E-state index is 4.72. The van der Waals surface area contributed by atoms with Crippen molar-refractivity contribution in [3.8, 4) is 0 Å². The zero-order valence-electron chi connectivity index (χ0n) is 17.9. The van der Waals surface area contributed by atoms with Crippen molar-refractivity contribution in [2.45, 2.75) is 20.4 Å². The first-order valence-electron chi connectivity index (χ1n) is 10.3. The second-order valence-electron chi connectivity index (χ2n) is 7.20. The summed E-state index contributed by atoms with van der Waals surface area (Å²) in [4.78, 5) is 13.9. The Labute approximate surface area is 174 Å². The van der Waals surface area contributed by atoms with Crippen LogP contribution in [0.2, 0.25) is 0 Å².